The number of rotatable bonds is 9. The van der Waals surface area contributed by atoms with Crippen molar-refractivity contribution in [2.45, 2.75) is 51.9 Å². The summed E-state index contributed by atoms with van der Waals surface area (Å²) in [6.45, 7) is 6.61. The number of hydrogen-bond acceptors (Lipinski definition) is 8. The molecule has 0 fully saturated rings. The van der Waals surface area contributed by atoms with E-state index in [1.165, 1.54) is 6.92 Å². The quantitative estimate of drug-likeness (QED) is 0.0805. The highest BCUT2D eigenvalue weighted by Crippen LogP contribution is 2.53. The molecular weight excluding hydrogens is 644 g/mol. The van der Waals surface area contributed by atoms with Gasteiger partial charge in [-0.2, -0.15) is 0 Å². The van der Waals surface area contributed by atoms with Crippen LogP contribution in [0.4, 0.5) is 5.69 Å². The minimum absolute atomic E-state index is 0.0203. The SMILES string of the molecule is CCOC(=O)C1(C(=O)OCC)N[C@@]2(C(=O)N(Cc3ccccc3C)c3ccccc32)C(C(=O)OCc2c3ccccc3cc3ccccc23)=C1C. The molecule has 5 aromatic carbocycles. The Bertz CT molecular complexity index is 2200. The lowest BCUT2D eigenvalue weighted by Crippen LogP contribution is -2.64. The second-order valence-corrected chi connectivity index (χ2v) is 12.8. The molecule has 1 N–H and O–H groups in total. The van der Waals surface area contributed by atoms with Crippen LogP contribution < -0.4 is 10.2 Å². The Labute approximate surface area is 295 Å². The highest BCUT2D eigenvalue weighted by atomic mass is 16.6. The number of nitrogens with one attached hydrogen (secondary N) is 1. The highest BCUT2D eigenvalue weighted by molar-refractivity contribution is 6.21. The fourth-order valence-electron chi connectivity index (χ4n) is 7.59. The topological polar surface area (TPSA) is 111 Å². The van der Waals surface area contributed by atoms with E-state index in [1.807, 2.05) is 79.7 Å². The molecule has 1 atom stereocenters. The number of hydrogen-bond donors (Lipinski definition) is 1. The Balaban J connectivity index is 1.40. The molecule has 9 nitrogen and oxygen atoms in total. The number of amides is 1. The third-order valence-corrected chi connectivity index (χ3v) is 10.0. The van der Waals surface area contributed by atoms with Crippen LogP contribution in [0.2, 0.25) is 0 Å². The summed E-state index contributed by atoms with van der Waals surface area (Å²) in [5, 5.41) is 6.89. The molecule has 5 aromatic rings. The fraction of sp³-hybridized carbons (Fsp3) is 0.238. The number of carbonyl (C=O) groups excluding carboxylic acids is 4. The molecule has 0 aromatic heterocycles. The van der Waals surface area contributed by atoms with Crippen molar-refractivity contribution >= 4 is 51.0 Å². The molecule has 0 radical (unpaired) electrons. The Morgan fingerprint density at radius 1 is 0.725 bits per heavy atom. The van der Waals surface area contributed by atoms with Crippen LogP contribution in [0.15, 0.2) is 114 Å². The molecule has 0 saturated carbocycles. The van der Waals surface area contributed by atoms with Gasteiger partial charge in [0, 0.05) is 11.1 Å². The van der Waals surface area contributed by atoms with Gasteiger partial charge in [-0.05, 0) is 78.1 Å². The van der Waals surface area contributed by atoms with Crippen molar-refractivity contribution in [2.75, 3.05) is 18.1 Å². The first-order chi connectivity index (χ1) is 24.7. The van der Waals surface area contributed by atoms with Gasteiger partial charge in [-0.15, -0.1) is 0 Å². The van der Waals surface area contributed by atoms with Gasteiger partial charge in [0.15, 0.2) is 5.54 Å². The van der Waals surface area contributed by atoms with Crippen molar-refractivity contribution in [1.29, 1.82) is 0 Å². The molecule has 2 aliphatic rings. The minimum Gasteiger partial charge on any atom is -0.464 e. The van der Waals surface area contributed by atoms with Gasteiger partial charge in [0.1, 0.15) is 6.61 Å². The average Bonchev–Trinajstić information content (AvgIpc) is 3.55. The highest BCUT2D eigenvalue weighted by Gasteiger charge is 2.70. The maximum absolute atomic E-state index is 15.2. The predicted molar refractivity (Wildman–Crippen MR) is 194 cm³/mol. The number of fused-ring (bicyclic) bond motifs is 4. The smallest absolute Gasteiger partial charge is 0.342 e. The van der Waals surface area contributed by atoms with Crippen molar-refractivity contribution in [3.63, 3.8) is 0 Å². The van der Waals surface area contributed by atoms with Crippen molar-refractivity contribution in [2.24, 2.45) is 0 Å². The van der Waals surface area contributed by atoms with E-state index >= 15 is 4.79 Å². The first-order valence-corrected chi connectivity index (χ1v) is 17.1. The lowest BCUT2D eigenvalue weighted by atomic mass is 9.83. The van der Waals surface area contributed by atoms with Gasteiger partial charge in [-0.1, -0.05) is 91.0 Å². The predicted octanol–water partition coefficient (Wildman–Crippen LogP) is 6.57. The second-order valence-electron chi connectivity index (χ2n) is 12.8. The molecule has 51 heavy (non-hydrogen) atoms. The number of benzene rings is 5. The van der Waals surface area contributed by atoms with Crippen molar-refractivity contribution in [1.82, 2.24) is 5.32 Å². The number of ether oxygens (including phenoxy) is 3. The normalized spacial score (nSPS) is 17.6. The van der Waals surface area contributed by atoms with E-state index in [4.69, 9.17) is 14.2 Å². The monoisotopic (exact) mass is 682 g/mol. The molecule has 9 heteroatoms. The summed E-state index contributed by atoms with van der Waals surface area (Å²) >= 11 is 0. The number of nitrogens with zero attached hydrogens (tertiary/aromatic N) is 1. The number of aryl methyl sites for hydroxylation is 1. The van der Waals surface area contributed by atoms with E-state index < -0.39 is 34.9 Å². The lowest BCUT2D eigenvalue weighted by molar-refractivity contribution is -0.164. The maximum atomic E-state index is 15.2. The van der Waals surface area contributed by atoms with Crippen LogP contribution in [0.1, 0.15) is 43.0 Å². The second kappa shape index (κ2) is 13.2. The summed E-state index contributed by atoms with van der Waals surface area (Å²) in [6, 6.07) is 32.6. The third kappa shape index (κ3) is 5.19. The molecule has 0 aliphatic carbocycles. The first kappa shape index (κ1) is 33.7. The molecule has 0 saturated heterocycles. The van der Waals surface area contributed by atoms with E-state index in [0.29, 0.717) is 11.3 Å². The van der Waals surface area contributed by atoms with Gasteiger partial charge in [-0.3, -0.25) is 10.1 Å². The van der Waals surface area contributed by atoms with Gasteiger partial charge >= 0.3 is 17.9 Å². The van der Waals surface area contributed by atoms with Gasteiger partial charge in [0.2, 0.25) is 5.54 Å². The van der Waals surface area contributed by atoms with Crippen molar-refractivity contribution in [3.05, 3.63) is 137 Å². The Hall–Kier alpha value is -5.80. The fourth-order valence-corrected chi connectivity index (χ4v) is 7.59. The van der Waals surface area contributed by atoms with Gasteiger partial charge in [0.05, 0.1) is 31.0 Å². The van der Waals surface area contributed by atoms with Gasteiger partial charge in [-0.25, -0.2) is 14.4 Å². The van der Waals surface area contributed by atoms with Gasteiger partial charge in [0.25, 0.3) is 5.91 Å². The van der Waals surface area contributed by atoms with Crippen LogP contribution in [0.5, 0.6) is 0 Å². The molecule has 0 unspecified atom stereocenters. The van der Waals surface area contributed by atoms with E-state index in [0.717, 1.165) is 38.2 Å². The Morgan fingerprint density at radius 3 is 1.92 bits per heavy atom. The zero-order valence-corrected chi connectivity index (χ0v) is 28.9. The van der Waals surface area contributed by atoms with Crippen LogP contribution in [-0.2, 0) is 52.1 Å². The zero-order valence-electron chi connectivity index (χ0n) is 28.9. The lowest BCUT2D eigenvalue weighted by Gasteiger charge is -2.32. The summed E-state index contributed by atoms with van der Waals surface area (Å²) in [7, 11) is 0. The van der Waals surface area contributed by atoms with Gasteiger partial charge < -0.3 is 19.1 Å². The third-order valence-electron chi connectivity index (χ3n) is 10.0. The summed E-state index contributed by atoms with van der Waals surface area (Å²) in [6.07, 6.45) is 0. The van der Waals surface area contributed by atoms with Crippen LogP contribution in [-0.4, -0.2) is 42.6 Å². The summed E-state index contributed by atoms with van der Waals surface area (Å²) in [4.78, 5) is 59.5. The van der Waals surface area contributed by atoms with E-state index in [1.54, 1.807) is 43.0 Å². The van der Waals surface area contributed by atoms with E-state index in [2.05, 4.69) is 11.4 Å². The van der Waals surface area contributed by atoms with Crippen LogP contribution in [0.25, 0.3) is 21.5 Å². The molecule has 2 heterocycles. The van der Waals surface area contributed by atoms with E-state index in [-0.39, 0.29) is 37.5 Å². The first-order valence-electron chi connectivity index (χ1n) is 17.1. The molecule has 1 amide bonds. The maximum Gasteiger partial charge on any atom is 0.342 e. The molecule has 7 rings (SSSR count). The molecule has 1 spiro atoms. The van der Waals surface area contributed by atoms with Crippen molar-refractivity contribution in [3.8, 4) is 0 Å². The number of anilines is 1. The summed E-state index contributed by atoms with van der Waals surface area (Å²) in [5.74, 6) is -3.35. The van der Waals surface area contributed by atoms with E-state index in [9.17, 15) is 14.4 Å². The Kier molecular flexibility index (Phi) is 8.69. The summed E-state index contributed by atoms with van der Waals surface area (Å²) < 4.78 is 17.1. The summed E-state index contributed by atoms with van der Waals surface area (Å²) in [5.41, 5.74) is -0.882. The molecule has 2 aliphatic heterocycles. The number of carbonyl (C=O) groups is 4. The minimum atomic E-state index is -2.31. The molecule has 258 valence electrons. The zero-order chi connectivity index (χ0) is 35.9. The van der Waals surface area contributed by atoms with Crippen molar-refractivity contribution < 1.29 is 33.4 Å². The standard InChI is InChI=1S/C42H38N2O7/c1-5-49-39(47)41(40(48)50-6-2)27(4)36(37(45)51-25-33-31-19-11-9-16-28(31)23-29-17-10-12-20-32(29)33)42(43-41)34-21-13-14-22-35(34)44(38(42)46)24-30-18-8-7-15-26(30)3/h7-23,43H,5-6,24-25H2,1-4H3/t42-/m1/s1. The molecular formula is C42H38N2O7. The van der Waals surface area contributed by atoms with Crippen LogP contribution >= 0.6 is 0 Å². The average molecular weight is 683 g/mol. The largest absolute Gasteiger partial charge is 0.464 e. The number of esters is 3. The van der Waals surface area contributed by atoms with Crippen LogP contribution in [0.3, 0.4) is 0 Å². The molecule has 0 bridgehead atoms. The van der Waals surface area contributed by atoms with Crippen LogP contribution in [0, 0.1) is 6.92 Å². The Morgan fingerprint density at radius 2 is 1.29 bits per heavy atom. The number of para-hydroxylation sites is 1.